The molecule has 1 atom stereocenters. The number of ether oxygens (including phenoxy) is 1. The zero-order chi connectivity index (χ0) is 11.4. The van der Waals surface area contributed by atoms with Gasteiger partial charge in [-0.05, 0) is 12.8 Å². The van der Waals surface area contributed by atoms with Gasteiger partial charge in [0.15, 0.2) is 5.78 Å². The van der Waals surface area contributed by atoms with Gasteiger partial charge in [0.05, 0.1) is 13.2 Å². The number of nitrogens with zero attached hydrogens (tertiary/aromatic N) is 3. The first-order valence-corrected chi connectivity index (χ1v) is 5.33. The fourth-order valence-corrected chi connectivity index (χ4v) is 1.84. The van der Waals surface area contributed by atoms with Crippen molar-refractivity contribution < 1.29 is 9.53 Å². The largest absolute Gasteiger partial charge is 0.381 e. The lowest BCUT2D eigenvalue weighted by atomic mass is 9.97. The molecular weight excluding hydrogens is 206 g/mol. The molecule has 0 amide bonds. The van der Waals surface area contributed by atoms with Gasteiger partial charge in [-0.15, -0.1) is 0 Å². The van der Waals surface area contributed by atoms with Gasteiger partial charge in [-0.1, -0.05) is 0 Å². The Labute approximate surface area is 93.7 Å². The van der Waals surface area contributed by atoms with Gasteiger partial charge >= 0.3 is 0 Å². The summed E-state index contributed by atoms with van der Waals surface area (Å²) < 4.78 is 6.85. The second-order valence-corrected chi connectivity index (χ2v) is 3.87. The van der Waals surface area contributed by atoms with Crippen LogP contribution in [0.5, 0.6) is 0 Å². The van der Waals surface area contributed by atoms with E-state index in [9.17, 15) is 4.79 Å². The third-order valence-corrected chi connectivity index (χ3v) is 2.76. The predicted molar refractivity (Wildman–Crippen MR) is 55.5 cm³/mol. The highest BCUT2D eigenvalue weighted by atomic mass is 16.5. The van der Waals surface area contributed by atoms with Crippen LogP contribution in [-0.2, 0) is 16.1 Å². The first kappa shape index (κ1) is 10.8. The maximum atomic E-state index is 11.9. The summed E-state index contributed by atoms with van der Waals surface area (Å²) in [6, 6.07) is 1.95. The van der Waals surface area contributed by atoms with E-state index in [1.165, 1.54) is 6.20 Å². The normalized spacial score (nSPS) is 20.3. The van der Waals surface area contributed by atoms with Gasteiger partial charge < -0.3 is 9.30 Å². The zero-order valence-electron chi connectivity index (χ0n) is 8.93. The van der Waals surface area contributed by atoms with Gasteiger partial charge in [-0.3, -0.25) is 4.79 Å². The fourth-order valence-electron chi connectivity index (χ4n) is 1.84. The Bertz CT molecular complexity index is 413. The molecule has 0 aliphatic carbocycles. The van der Waals surface area contributed by atoms with Crippen molar-refractivity contribution in [3.63, 3.8) is 0 Å². The minimum Gasteiger partial charge on any atom is -0.381 e. The van der Waals surface area contributed by atoms with Crippen LogP contribution in [0.25, 0.3) is 0 Å². The number of carbonyl (C=O) groups is 1. The van der Waals surface area contributed by atoms with Crippen LogP contribution in [0.4, 0.5) is 0 Å². The number of hydrogen-bond acceptors (Lipinski definition) is 4. The molecular formula is C11H13N3O2. The highest BCUT2D eigenvalue weighted by molar-refractivity contribution is 5.81. The molecule has 0 radical (unpaired) electrons. The lowest BCUT2D eigenvalue weighted by molar-refractivity contribution is -0.127. The first-order chi connectivity index (χ1) is 7.81. The van der Waals surface area contributed by atoms with Crippen molar-refractivity contribution in [2.75, 3.05) is 13.2 Å². The highest BCUT2D eigenvalue weighted by Crippen LogP contribution is 2.15. The van der Waals surface area contributed by atoms with E-state index >= 15 is 0 Å². The Morgan fingerprint density at radius 3 is 3.31 bits per heavy atom. The number of nitriles is 1. The molecule has 5 heteroatoms. The third-order valence-electron chi connectivity index (χ3n) is 2.76. The summed E-state index contributed by atoms with van der Waals surface area (Å²) >= 11 is 0. The minimum absolute atomic E-state index is 0.0253. The van der Waals surface area contributed by atoms with Crippen molar-refractivity contribution in [1.82, 2.24) is 9.55 Å². The zero-order valence-corrected chi connectivity index (χ0v) is 8.93. The van der Waals surface area contributed by atoms with E-state index in [0.29, 0.717) is 6.61 Å². The second kappa shape index (κ2) is 4.90. The molecule has 1 aromatic heterocycles. The van der Waals surface area contributed by atoms with Crippen LogP contribution < -0.4 is 0 Å². The van der Waals surface area contributed by atoms with Crippen LogP contribution >= 0.6 is 0 Å². The molecule has 0 aromatic carbocycles. The van der Waals surface area contributed by atoms with Crippen LogP contribution in [0.2, 0.25) is 0 Å². The Balaban J connectivity index is 1.99. The highest BCUT2D eigenvalue weighted by Gasteiger charge is 2.22. The van der Waals surface area contributed by atoms with Gasteiger partial charge in [0.2, 0.25) is 5.82 Å². The molecule has 0 spiro atoms. The third kappa shape index (κ3) is 2.28. The van der Waals surface area contributed by atoms with Crippen molar-refractivity contribution in [1.29, 1.82) is 5.26 Å². The molecule has 0 bridgehead atoms. The molecule has 1 aromatic rings. The van der Waals surface area contributed by atoms with Gasteiger partial charge in [0.1, 0.15) is 6.07 Å². The van der Waals surface area contributed by atoms with E-state index in [-0.39, 0.29) is 24.1 Å². The van der Waals surface area contributed by atoms with E-state index < -0.39 is 0 Å². The van der Waals surface area contributed by atoms with Gasteiger partial charge in [0, 0.05) is 24.9 Å². The molecule has 1 aliphatic rings. The van der Waals surface area contributed by atoms with Crippen molar-refractivity contribution in [3.8, 4) is 6.07 Å². The summed E-state index contributed by atoms with van der Waals surface area (Å²) in [6.07, 6.45) is 5.00. The maximum absolute atomic E-state index is 11.9. The summed E-state index contributed by atoms with van der Waals surface area (Å²) in [6.45, 7) is 1.48. The van der Waals surface area contributed by atoms with Crippen molar-refractivity contribution in [2.24, 2.45) is 5.92 Å². The summed E-state index contributed by atoms with van der Waals surface area (Å²) in [5.41, 5.74) is 0. The van der Waals surface area contributed by atoms with Crippen LogP contribution in [0.15, 0.2) is 12.4 Å². The van der Waals surface area contributed by atoms with Crippen molar-refractivity contribution in [3.05, 3.63) is 18.2 Å². The second-order valence-electron chi connectivity index (χ2n) is 3.87. The smallest absolute Gasteiger partial charge is 0.213 e. The van der Waals surface area contributed by atoms with Crippen LogP contribution in [0.1, 0.15) is 18.7 Å². The molecule has 1 saturated heterocycles. The Morgan fingerprint density at radius 2 is 2.62 bits per heavy atom. The van der Waals surface area contributed by atoms with E-state index in [1.54, 1.807) is 10.8 Å². The predicted octanol–water partition coefficient (Wildman–Crippen LogP) is 0.750. The number of Topliss-reactive ketones (excluding diaryl/α,β-unsaturated/α-hetero) is 1. The molecule has 5 nitrogen and oxygen atoms in total. The van der Waals surface area contributed by atoms with Crippen LogP contribution in [0.3, 0.4) is 0 Å². The monoisotopic (exact) mass is 219 g/mol. The van der Waals surface area contributed by atoms with Gasteiger partial charge in [-0.25, -0.2) is 4.98 Å². The molecule has 1 aliphatic heterocycles. The number of hydrogen-bond donors (Lipinski definition) is 0. The number of aromatic nitrogens is 2. The van der Waals surface area contributed by atoms with Gasteiger partial charge in [-0.2, -0.15) is 5.26 Å². The van der Waals surface area contributed by atoms with Crippen molar-refractivity contribution >= 4 is 5.78 Å². The first-order valence-electron chi connectivity index (χ1n) is 5.33. The molecule has 0 saturated carbocycles. The number of imidazole rings is 1. The Hall–Kier alpha value is -1.67. The molecule has 1 unspecified atom stereocenters. The summed E-state index contributed by atoms with van der Waals surface area (Å²) in [5.74, 6) is 0.377. The molecule has 0 N–H and O–H groups in total. The number of rotatable bonds is 3. The molecule has 2 heterocycles. The Morgan fingerprint density at radius 1 is 1.75 bits per heavy atom. The SMILES string of the molecule is N#Cc1nccn1CC(=O)C1CCCOC1. The molecule has 2 rings (SSSR count). The summed E-state index contributed by atoms with van der Waals surface area (Å²) in [5, 5.41) is 8.76. The average molecular weight is 219 g/mol. The van der Waals surface area contributed by atoms with Gasteiger partial charge in [0.25, 0.3) is 0 Å². The molecule has 16 heavy (non-hydrogen) atoms. The topological polar surface area (TPSA) is 67.9 Å². The van der Waals surface area contributed by atoms with Crippen LogP contribution in [-0.4, -0.2) is 28.5 Å². The lowest BCUT2D eigenvalue weighted by Gasteiger charge is -2.20. The molecule has 1 fully saturated rings. The van der Waals surface area contributed by atoms with E-state index in [1.807, 2.05) is 6.07 Å². The lowest BCUT2D eigenvalue weighted by Crippen LogP contribution is -2.28. The van der Waals surface area contributed by atoms with E-state index in [0.717, 1.165) is 19.4 Å². The minimum atomic E-state index is -0.0253. The van der Waals surface area contributed by atoms with Crippen LogP contribution in [0, 0.1) is 17.2 Å². The van der Waals surface area contributed by atoms with E-state index in [4.69, 9.17) is 10.00 Å². The number of ketones is 1. The standard InChI is InChI=1S/C11H13N3O2/c12-6-11-13-3-4-14(11)7-10(15)9-2-1-5-16-8-9/h3-4,9H,1-2,5,7-8H2. The summed E-state index contributed by atoms with van der Waals surface area (Å²) in [4.78, 5) is 15.7. The maximum Gasteiger partial charge on any atom is 0.213 e. The van der Waals surface area contributed by atoms with Crippen molar-refractivity contribution in [2.45, 2.75) is 19.4 Å². The number of carbonyl (C=O) groups excluding carboxylic acids is 1. The quantitative estimate of drug-likeness (QED) is 0.752. The average Bonchev–Trinajstić information content (AvgIpc) is 2.77. The Kier molecular flexibility index (Phi) is 3.32. The molecule has 84 valence electrons. The van der Waals surface area contributed by atoms with E-state index in [2.05, 4.69) is 4.98 Å². The fraction of sp³-hybridized carbons (Fsp3) is 0.545. The summed E-state index contributed by atoms with van der Waals surface area (Å²) in [7, 11) is 0.